The van der Waals surface area contributed by atoms with Gasteiger partial charge in [0.1, 0.15) is 5.58 Å². The van der Waals surface area contributed by atoms with Crippen molar-refractivity contribution in [2.75, 3.05) is 5.32 Å². The van der Waals surface area contributed by atoms with Gasteiger partial charge in [0, 0.05) is 34.7 Å². The van der Waals surface area contributed by atoms with Crippen LogP contribution in [0.4, 0.5) is 5.69 Å². The standard InChI is InChI=1S/C20H19NO3/c1-12(2)20(23)21-14-8-9-16-17(11-19(22)24-18(16)10-14)15-7-5-4-6-13(15)3/h4-12H,1-3H3,(H,21,23). The Hall–Kier alpha value is -2.88. The molecule has 3 aromatic rings. The average molecular weight is 321 g/mol. The summed E-state index contributed by atoms with van der Waals surface area (Å²) >= 11 is 0. The summed E-state index contributed by atoms with van der Waals surface area (Å²) < 4.78 is 5.34. The minimum absolute atomic E-state index is 0.0771. The van der Waals surface area contributed by atoms with Gasteiger partial charge in [0.2, 0.25) is 5.91 Å². The van der Waals surface area contributed by atoms with Gasteiger partial charge in [-0.05, 0) is 30.2 Å². The molecule has 122 valence electrons. The van der Waals surface area contributed by atoms with Crippen molar-refractivity contribution in [2.45, 2.75) is 20.8 Å². The van der Waals surface area contributed by atoms with Crippen LogP contribution in [0.25, 0.3) is 22.1 Å². The number of aryl methyl sites for hydroxylation is 1. The van der Waals surface area contributed by atoms with E-state index in [9.17, 15) is 9.59 Å². The Morgan fingerprint density at radius 3 is 2.50 bits per heavy atom. The monoisotopic (exact) mass is 321 g/mol. The van der Waals surface area contributed by atoms with Crippen LogP contribution in [-0.4, -0.2) is 5.91 Å². The van der Waals surface area contributed by atoms with Crippen molar-refractivity contribution in [1.82, 2.24) is 0 Å². The number of hydrogen-bond donors (Lipinski definition) is 1. The Morgan fingerprint density at radius 1 is 1.04 bits per heavy atom. The average Bonchev–Trinajstić information content (AvgIpc) is 2.54. The second-order valence-corrected chi connectivity index (χ2v) is 6.15. The lowest BCUT2D eigenvalue weighted by Gasteiger charge is -2.11. The lowest BCUT2D eigenvalue weighted by molar-refractivity contribution is -0.118. The summed E-state index contributed by atoms with van der Waals surface area (Å²) in [6.07, 6.45) is 0. The van der Waals surface area contributed by atoms with Crippen molar-refractivity contribution in [3.63, 3.8) is 0 Å². The van der Waals surface area contributed by atoms with Gasteiger partial charge in [-0.25, -0.2) is 4.79 Å². The highest BCUT2D eigenvalue weighted by atomic mass is 16.4. The number of anilines is 1. The quantitative estimate of drug-likeness (QED) is 0.729. The summed E-state index contributed by atoms with van der Waals surface area (Å²) in [4.78, 5) is 23.8. The number of nitrogens with one attached hydrogen (secondary N) is 1. The second kappa shape index (κ2) is 6.32. The van der Waals surface area contributed by atoms with Crippen LogP contribution in [0.15, 0.2) is 57.7 Å². The summed E-state index contributed by atoms with van der Waals surface area (Å²) in [5, 5.41) is 3.66. The third kappa shape index (κ3) is 3.08. The zero-order valence-electron chi connectivity index (χ0n) is 13.9. The van der Waals surface area contributed by atoms with Gasteiger partial charge in [0.15, 0.2) is 0 Å². The van der Waals surface area contributed by atoms with Crippen molar-refractivity contribution in [3.8, 4) is 11.1 Å². The van der Waals surface area contributed by atoms with Crippen LogP contribution in [0.1, 0.15) is 19.4 Å². The molecule has 3 rings (SSSR count). The summed E-state index contributed by atoms with van der Waals surface area (Å²) in [5.41, 5.74) is 3.58. The Morgan fingerprint density at radius 2 is 1.79 bits per heavy atom. The molecule has 1 heterocycles. The first-order chi connectivity index (χ1) is 11.5. The summed E-state index contributed by atoms with van der Waals surface area (Å²) in [6, 6.07) is 14.8. The first-order valence-electron chi connectivity index (χ1n) is 7.90. The van der Waals surface area contributed by atoms with Gasteiger partial charge in [-0.15, -0.1) is 0 Å². The maximum Gasteiger partial charge on any atom is 0.336 e. The summed E-state index contributed by atoms with van der Waals surface area (Å²) in [6.45, 7) is 5.66. The van der Waals surface area contributed by atoms with Crippen LogP contribution in [-0.2, 0) is 4.79 Å². The van der Waals surface area contributed by atoms with Crippen LogP contribution < -0.4 is 10.9 Å². The molecule has 0 spiro atoms. The van der Waals surface area contributed by atoms with E-state index in [4.69, 9.17) is 4.42 Å². The van der Waals surface area contributed by atoms with E-state index >= 15 is 0 Å². The molecular weight excluding hydrogens is 302 g/mol. The smallest absolute Gasteiger partial charge is 0.336 e. The van der Waals surface area contributed by atoms with E-state index < -0.39 is 5.63 Å². The van der Waals surface area contributed by atoms with Crippen molar-refractivity contribution < 1.29 is 9.21 Å². The SMILES string of the molecule is Cc1ccccc1-c1cc(=O)oc2cc(NC(=O)C(C)C)ccc12. The highest BCUT2D eigenvalue weighted by Crippen LogP contribution is 2.31. The Labute approximate surface area is 140 Å². The molecule has 0 unspecified atom stereocenters. The zero-order valence-corrected chi connectivity index (χ0v) is 13.9. The minimum Gasteiger partial charge on any atom is -0.423 e. The van der Waals surface area contributed by atoms with Crippen LogP contribution in [0.5, 0.6) is 0 Å². The number of carbonyl (C=O) groups excluding carboxylic acids is 1. The van der Waals surface area contributed by atoms with Gasteiger partial charge in [0.25, 0.3) is 0 Å². The first-order valence-corrected chi connectivity index (χ1v) is 7.90. The van der Waals surface area contributed by atoms with E-state index in [-0.39, 0.29) is 11.8 Å². The van der Waals surface area contributed by atoms with Crippen molar-refractivity contribution in [3.05, 3.63) is 64.5 Å². The minimum atomic E-state index is -0.409. The molecule has 1 amide bonds. The molecule has 0 saturated carbocycles. The maximum absolute atomic E-state index is 12.0. The first kappa shape index (κ1) is 16.0. The molecule has 0 radical (unpaired) electrons. The maximum atomic E-state index is 12.0. The van der Waals surface area contributed by atoms with Gasteiger partial charge in [-0.2, -0.15) is 0 Å². The van der Waals surface area contributed by atoms with E-state index in [0.29, 0.717) is 11.3 Å². The van der Waals surface area contributed by atoms with E-state index in [1.165, 1.54) is 6.07 Å². The molecule has 0 aliphatic carbocycles. The third-order valence-electron chi connectivity index (χ3n) is 3.97. The molecule has 0 saturated heterocycles. The molecule has 0 fully saturated rings. The van der Waals surface area contributed by atoms with Gasteiger partial charge in [-0.1, -0.05) is 38.1 Å². The number of fused-ring (bicyclic) bond motifs is 1. The van der Waals surface area contributed by atoms with Crippen molar-refractivity contribution >= 4 is 22.6 Å². The van der Waals surface area contributed by atoms with Gasteiger partial charge in [0.05, 0.1) is 0 Å². The molecule has 4 nitrogen and oxygen atoms in total. The lowest BCUT2D eigenvalue weighted by Crippen LogP contribution is -2.17. The third-order valence-corrected chi connectivity index (χ3v) is 3.97. The molecule has 0 atom stereocenters. The highest BCUT2D eigenvalue weighted by molar-refractivity contribution is 5.98. The molecule has 24 heavy (non-hydrogen) atoms. The zero-order chi connectivity index (χ0) is 17.3. The fourth-order valence-corrected chi connectivity index (χ4v) is 2.63. The Balaban J connectivity index is 2.15. The molecule has 4 heteroatoms. The number of benzene rings is 2. The fraction of sp³-hybridized carbons (Fsp3) is 0.200. The summed E-state index contributed by atoms with van der Waals surface area (Å²) in [7, 11) is 0. The van der Waals surface area contributed by atoms with Crippen molar-refractivity contribution in [2.24, 2.45) is 5.92 Å². The largest absolute Gasteiger partial charge is 0.423 e. The second-order valence-electron chi connectivity index (χ2n) is 6.15. The van der Waals surface area contributed by atoms with Crippen LogP contribution in [0.2, 0.25) is 0 Å². The predicted octanol–water partition coefficient (Wildman–Crippen LogP) is 4.36. The molecule has 2 aromatic carbocycles. The molecule has 0 bridgehead atoms. The van der Waals surface area contributed by atoms with Crippen LogP contribution >= 0.6 is 0 Å². The van der Waals surface area contributed by atoms with Gasteiger partial charge < -0.3 is 9.73 Å². The number of rotatable bonds is 3. The molecule has 1 aromatic heterocycles. The molecule has 0 aliphatic rings. The highest BCUT2D eigenvalue weighted by Gasteiger charge is 2.12. The van der Waals surface area contributed by atoms with E-state index in [2.05, 4.69) is 5.32 Å². The normalized spacial score (nSPS) is 11.0. The number of hydrogen-bond acceptors (Lipinski definition) is 3. The van der Waals surface area contributed by atoms with E-state index in [0.717, 1.165) is 22.1 Å². The molecule has 1 N–H and O–H groups in total. The number of carbonyl (C=O) groups is 1. The van der Waals surface area contributed by atoms with E-state index in [1.807, 2.05) is 57.2 Å². The van der Waals surface area contributed by atoms with Crippen molar-refractivity contribution in [1.29, 1.82) is 0 Å². The summed E-state index contributed by atoms with van der Waals surface area (Å²) in [5.74, 6) is -0.197. The molecular formula is C20H19NO3. The van der Waals surface area contributed by atoms with Gasteiger partial charge >= 0.3 is 5.63 Å². The Kier molecular flexibility index (Phi) is 4.21. The topological polar surface area (TPSA) is 59.3 Å². The lowest BCUT2D eigenvalue weighted by atomic mass is 9.98. The number of amides is 1. The van der Waals surface area contributed by atoms with Crippen LogP contribution in [0.3, 0.4) is 0 Å². The van der Waals surface area contributed by atoms with Crippen LogP contribution in [0, 0.1) is 12.8 Å². The van der Waals surface area contributed by atoms with E-state index in [1.54, 1.807) is 6.07 Å². The van der Waals surface area contributed by atoms with Gasteiger partial charge in [-0.3, -0.25) is 4.79 Å². The Bertz CT molecular complexity index is 970. The molecule has 0 aliphatic heterocycles. The predicted molar refractivity (Wildman–Crippen MR) is 96.1 cm³/mol. The fourth-order valence-electron chi connectivity index (χ4n) is 2.63.